The van der Waals surface area contributed by atoms with Crippen LogP contribution in [0.2, 0.25) is 0 Å². The molecule has 0 atom stereocenters. The SMILES string of the molecule is COC(=O)C1CCN(C(=O)c2cc(=O)[nH]c(CSC)n2)CC1. The van der Waals surface area contributed by atoms with Crippen molar-refractivity contribution in [3.63, 3.8) is 0 Å². The smallest absolute Gasteiger partial charge is 0.308 e. The molecule has 120 valence electrons. The zero-order valence-corrected chi connectivity index (χ0v) is 13.4. The molecule has 0 spiro atoms. The van der Waals surface area contributed by atoms with Crippen LogP contribution in [0, 0.1) is 5.92 Å². The maximum Gasteiger partial charge on any atom is 0.308 e. The summed E-state index contributed by atoms with van der Waals surface area (Å²) in [5.74, 6) is 0.377. The molecular weight excluding hydrogens is 306 g/mol. The number of likely N-dealkylation sites (tertiary alicyclic amines) is 1. The van der Waals surface area contributed by atoms with Crippen LogP contribution < -0.4 is 5.56 Å². The van der Waals surface area contributed by atoms with Gasteiger partial charge >= 0.3 is 5.97 Å². The zero-order chi connectivity index (χ0) is 16.1. The molecule has 1 aromatic heterocycles. The third-order valence-corrected chi connectivity index (χ3v) is 4.17. The quantitative estimate of drug-likeness (QED) is 0.818. The van der Waals surface area contributed by atoms with Gasteiger partial charge in [0.1, 0.15) is 11.5 Å². The van der Waals surface area contributed by atoms with Gasteiger partial charge in [0.15, 0.2) is 0 Å². The molecule has 22 heavy (non-hydrogen) atoms. The lowest BCUT2D eigenvalue weighted by molar-refractivity contribution is -0.146. The first-order chi connectivity index (χ1) is 10.5. The Morgan fingerprint density at radius 3 is 2.73 bits per heavy atom. The first-order valence-corrected chi connectivity index (χ1v) is 8.40. The Kier molecular flexibility index (Phi) is 5.59. The fourth-order valence-electron chi connectivity index (χ4n) is 2.47. The highest BCUT2D eigenvalue weighted by Gasteiger charge is 2.29. The number of nitrogens with one attached hydrogen (secondary N) is 1. The number of nitrogens with zero attached hydrogens (tertiary/aromatic N) is 2. The number of amides is 1. The van der Waals surface area contributed by atoms with Gasteiger partial charge in [0, 0.05) is 19.2 Å². The van der Waals surface area contributed by atoms with E-state index in [9.17, 15) is 14.4 Å². The molecule has 0 radical (unpaired) electrons. The van der Waals surface area contributed by atoms with E-state index in [0.29, 0.717) is 37.5 Å². The number of hydrogen-bond acceptors (Lipinski definition) is 6. The van der Waals surface area contributed by atoms with Crippen LogP contribution in [0.4, 0.5) is 0 Å². The van der Waals surface area contributed by atoms with Gasteiger partial charge in [-0.05, 0) is 19.1 Å². The Bertz CT molecular complexity index is 608. The Balaban J connectivity index is 2.07. The number of carbonyl (C=O) groups excluding carboxylic acids is 2. The van der Waals surface area contributed by atoms with Crippen LogP contribution in [0.3, 0.4) is 0 Å². The van der Waals surface area contributed by atoms with Gasteiger partial charge in [-0.2, -0.15) is 11.8 Å². The number of methoxy groups -OCH3 is 1. The molecule has 2 rings (SSSR count). The topological polar surface area (TPSA) is 92.4 Å². The summed E-state index contributed by atoms with van der Waals surface area (Å²) in [4.78, 5) is 44.0. The molecular formula is C14H19N3O4S. The van der Waals surface area contributed by atoms with Crippen molar-refractivity contribution < 1.29 is 14.3 Å². The maximum atomic E-state index is 12.4. The summed E-state index contributed by atoms with van der Waals surface area (Å²) in [5.41, 5.74) is -0.170. The van der Waals surface area contributed by atoms with E-state index in [1.807, 2.05) is 6.26 Å². The molecule has 0 aromatic carbocycles. The molecule has 1 fully saturated rings. The first-order valence-electron chi connectivity index (χ1n) is 7.01. The Labute approximate surface area is 132 Å². The number of H-pyrrole nitrogens is 1. The van der Waals surface area contributed by atoms with Gasteiger partial charge in [0.05, 0.1) is 18.8 Å². The molecule has 8 heteroatoms. The number of hydrogen-bond donors (Lipinski definition) is 1. The number of carbonyl (C=O) groups is 2. The van der Waals surface area contributed by atoms with E-state index in [4.69, 9.17) is 4.74 Å². The van der Waals surface area contributed by atoms with Crippen LogP contribution in [0.15, 0.2) is 10.9 Å². The lowest BCUT2D eigenvalue weighted by Crippen LogP contribution is -2.41. The fourth-order valence-corrected chi connectivity index (χ4v) is 2.88. The standard InChI is InChI=1S/C14H19N3O4S/c1-21-14(20)9-3-5-17(6-4-9)13(19)10-7-12(18)16-11(15-10)8-22-2/h7,9H,3-6,8H2,1-2H3,(H,15,16,18). The van der Waals surface area contributed by atoms with Crippen molar-refractivity contribution >= 4 is 23.6 Å². The van der Waals surface area contributed by atoms with Crippen LogP contribution in [-0.4, -0.2) is 53.2 Å². The highest BCUT2D eigenvalue weighted by atomic mass is 32.2. The molecule has 1 amide bonds. The number of ether oxygens (including phenoxy) is 1. The summed E-state index contributed by atoms with van der Waals surface area (Å²) < 4.78 is 4.73. The second kappa shape index (κ2) is 7.44. The molecule has 1 saturated heterocycles. The van der Waals surface area contributed by atoms with Crippen molar-refractivity contribution in [1.29, 1.82) is 0 Å². The van der Waals surface area contributed by atoms with Crippen LogP contribution >= 0.6 is 11.8 Å². The minimum Gasteiger partial charge on any atom is -0.469 e. The number of aromatic nitrogens is 2. The molecule has 0 saturated carbocycles. The normalized spacial score (nSPS) is 15.6. The second-order valence-electron chi connectivity index (χ2n) is 5.10. The third-order valence-electron chi connectivity index (χ3n) is 3.61. The van der Waals surface area contributed by atoms with Gasteiger partial charge in [-0.1, -0.05) is 0 Å². The van der Waals surface area contributed by atoms with Crippen molar-refractivity contribution in [1.82, 2.24) is 14.9 Å². The number of rotatable bonds is 4. The predicted octanol–water partition coefficient (Wildman–Crippen LogP) is 0.658. The predicted molar refractivity (Wildman–Crippen MR) is 82.7 cm³/mol. The van der Waals surface area contributed by atoms with E-state index >= 15 is 0 Å². The monoisotopic (exact) mass is 325 g/mol. The fraction of sp³-hybridized carbons (Fsp3) is 0.571. The molecule has 0 unspecified atom stereocenters. The van der Waals surface area contributed by atoms with Gasteiger partial charge in [-0.25, -0.2) is 4.98 Å². The number of piperidine rings is 1. The van der Waals surface area contributed by atoms with E-state index < -0.39 is 0 Å². The van der Waals surface area contributed by atoms with Crippen molar-refractivity contribution in [2.24, 2.45) is 5.92 Å². The highest BCUT2D eigenvalue weighted by Crippen LogP contribution is 2.19. The summed E-state index contributed by atoms with van der Waals surface area (Å²) >= 11 is 1.52. The van der Waals surface area contributed by atoms with Gasteiger partial charge < -0.3 is 14.6 Å². The maximum absolute atomic E-state index is 12.4. The van der Waals surface area contributed by atoms with E-state index in [1.54, 1.807) is 4.90 Å². The van der Waals surface area contributed by atoms with Gasteiger partial charge in [0.25, 0.3) is 11.5 Å². The molecule has 1 aromatic rings. The van der Waals surface area contributed by atoms with Gasteiger partial charge in [0.2, 0.25) is 0 Å². The molecule has 1 aliphatic heterocycles. The minimum atomic E-state index is -0.327. The van der Waals surface area contributed by atoms with Gasteiger partial charge in [-0.15, -0.1) is 0 Å². The van der Waals surface area contributed by atoms with E-state index in [2.05, 4.69) is 9.97 Å². The Morgan fingerprint density at radius 1 is 1.45 bits per heavy atom. The van der Waals surface area contributed by atoms with Crippen molar-refractivity contribution in [3.8, 4) is 0 Å². The Hall–Kier alpha value is -1.83. The molecule has 0 bridgehead atoms. The molecule has 1 N–H and O–H groups in total. The van der Waals surface area contributed by atoms with Crippen LogP contribution in [0.1, 0.15) is 29.2 Å². The molecule has 7 nitrogen and oxygen atoms in total. The summed E-state index contributed by atoms with van der Waals surface area (Å²) in [6.45, 7) is 0.926. The lowest BCUT2D eigenvalue weighted by atomic mass is 9.97. The summed E-state index contributed by atoms with van der Waals surface area (Å²) in [6, 6.07) is 1.22. The Morgan fingerprint density at radius 2 is 2.14 bits per heavy atom. The lowest BCUT2D eigenvalue weighted by Gasteiger charge is -2.30. The third kappa shape index (κ3) is 3.88. The molecule has 2 heterocycles. The van der Waals surface area contributed by atoms with E-state index in [-0.39, 0.29) is 29.0 Å². The second-order valence-corrected chi connectivity index (χ2v) is 5.97. The first kappa shape index (κ1) is 16.5. The largest absolute Gasteiger partial charge is 0.469 e. The summed E-state index contributed by atoms with van der Waals surface area (Å²) in [7, 11) is 1.37. The number of thioether (sulfide) groups is 1. The molecule has 0 aliphatic carbocycles. The van der Waals surface area contributed by atoms with Crippen LogP contribution in [0.5, 0.6) is 0 Å². The van der Waals surface area contributed by atoms with Crippen molar-refractivity contribution in [2.75, 3.05) is 26.5 Å². The average molecular weight is 325 g/mol. The minimum absolute atomic E-state index is 0.157. The van der Waals surface area contributed by atoms with Crippen molar-refractivity contribution in [3.05, 3.63) is 27.9 Å². The highest BCUT2D eigenvalue weighted by molar-refractivity contribution is 7.97. The average Bonchev–Trinajstić information content (AvgIpc) is 2.53. The van der Waals surface area contributed by atoms with Crippen molar-refractivity contribution in [2.45, 2.75) is 18.6 Å². The molecule has 1 aliphatic rings. The number of aromatic amines is 1. The van der Waals surface area contributed by atoms with Crippen LogP contribution in [-0.2, 0) is 15.3 Å². The summed E-state index contributed by atoms with van der Waals surface area (Å²) in [5, 5.41) is 0. The summed E-state index contributed by atoms with van der Waals surface area (Å²) in [6.07, 6.45) is 3.03. The van der Waals surface area contributed by atoms with Crippen LogP contribution in [0.25, 0.3) is 0 Å². The number of esters is 1. The zero-order valence-electron chi connectivity index (χ0n) is 12.6. The van der Waals surface area contributed by atoms with E-state index in [0.717, 1.165) is 0 Å². The van der Waals surface area contributed by atoms with Gasteiger partial charge in [-0.3, -0.25) is 14.4 Å². The van der Waals surface area contributed by atoms with E-state index in [1.165, 1.54) is 24.9 Å².